The number of carbonyl (C=O) groups is 2. The van der Waals surface area contributed by atoms with Crippen LogP contribution in [0.25, 0.3) is 0 Å². The fraction of sp³-hybridized carbons (Fsp3) is 0.636. The lowest BCUT2D eigenvalue weighted by Crippen LogP contribution is -2.63. The minimum absolute atomic E-state index is 0.0534. The number of guanidine groups is 1. The van der Waals surface area contributed by atoms with Gasteiger partial charge in [0.1, 0.15) is 11.4 Å². The highest BCUT2D eigenvalue weighted by atomic mass is 16.6. The van der Waals surface area contributed by atoms with E-state index < -0.39 is 5.60 Å². The number of carbonyl (C=O) groups excluding carboxylic acids is 2. The number of aliphatic imine (C=N–C) groups is 1. The Labute approximate surface area is 189 Å². The van der Waals surface area contributed by atoms with Gasteiger partial charge in [-0.15, -0.1) is 0 Å². The second kappa shape index (κ2) is 10.1. The maximum atomic E-state index is 12.1. The molecule has 1 aromatic rings. The summed E-state index contributed by atoms with van der Waals surface area (Å²) in [4.78, 5) is 36.3. The van der Waals surface area contributed by atoms with E-state index in [0.717, 1.165) is 37.3 Å². The molecule has 0 aromatic carbocycles. The van der Waals surface area contributed by atoms with Gasteiger partial charge >= 0.3 is 6.09 Å². The zero-order valence-electron chi connectivity index (χ0n) is 19.4. The molecule has 2 aliphatic rings. The first-order valence-corrected chi connectivity index (χ1v) is 11.1. The smallest absolute Gasteiger partial charge is 0.410 e. The van der Waals surface area contributed by atoms with Gasteiger partial charge in [0.2, 0.25) is 5.91 Å². The molecule has 2 amide bonds. The second-order valence-electron chi connectivity index (χ2n) is 9.30. The predicted molar refractivity (Wildman–Crippen MR) is 123 cm³/mol. The molecule has 0 unspecified atom stereocenters. The van der Waals surface area contributed by atoms with Crippen LogP contribution in [0.15, 0.2) is 23.3 Å². The first kappa shape index (κ1) is 23.6. The number of aromatic nitrogens is 1. The van der Waals surface area contributed by atoms with Crippen molar-refractivity contribution in [3.05, 3.63) is 23.9 Å². The summed E-state index contributed by atoms with van der Waals surface area (Å²) >= 11 is 0. The van der Waals surface area contributed by atoms with E-state index in [4.69, 9.17) is 10.5 Å². The Morgan fingerprint density at radius 1 is 1.28 bits per heavy atom. The molecule has 176 valence electrons. The summed E-state index contributed by atoms with van der Waals surface area (Å²) in [5.41, 5.74) is 6.01. The Morgan fingerprint density at radius 2 is 1.97 bits per heavy atom. The van der Waals surface area contributed by atoms with Crippen molar-refractivity contribution in [3.63, 3.8) is 0 Å². The van der Waals surface area contributed by atoms with E-state index >= 15 is 0 Å². The Kier molecular flexibility index (Phi) is 7.42. The van der Waals surface area contributed by atoms with Gasteiger partial charge in [0, 0.05) is 57.4 Å². The molecule has 32 heavy (non-hydrogen) atoms. The van der Waals surface area contributed by atoms with Gasteiger partial charge in [-0.3, -0.25) is 9.79 Å². The van der Waals surface area contributed by atoms with Gasteiger partial charge in [-0.05, 0) is 39.7 Å². The van der Waals surface area contributed by atoms with Crippen molar-refractivity contribution in [3.8, 4) is 0 Å². The van der Waals surface area contributed by atoms with Gasteiger partial charge in [0.15, 0.2) is 5.96 Å². The molecule has 3 rings (SSSR count). The van der Waals surface area contributed by atoms with E-state index in [-0.39, 0.29) is 24.0 Å². The number of nitrogens with one attached hydrogen (secondary N) is 2. The first-order valence-electron chi connectivity index (χ1n) is 11.1. The van der Waals surface area contributed by atoms with E-state index in [0.29, 0.717) is 25.6 Å². The van der Waals surface area contributed by atoms with Crippen LogP contribution in [-0.2, 0) is 16.1 Å². The van der Waals surface area contributed by atoms with Crippen molar-refractivity contribution in [2.45, 2.75) is 51.8 Å². The van der Waals surface area contributed by atoms with E-state index in [1.165, 1.54) is 0 Å². The van der Waals surface area contributed by atoms with E-state index in [1.54, 1.807) is 18.1 Å². The van der Waals surface area contributed by atoms with Crippen LogP contribution < -0.4 is 21.3 Å². The highest BCUT2D eigenvalue weighted by molar-refractivity contribution is 5.81. The average Bonchev–Trinajstić information content (AvgIpc) is 2.71. The van der Waals surface area contributed by atoms with Crippen LogP contribution in [0, 0.1) is 5.92 Å². The van der Waals surface area contributed by atoms with Crippen molar-refractivity contribution >= 4 is 23.8 Å². The van der Waals surface area contributed by atoms with Crippen molar-refractivity contribution in [1.82, 2.24) is 20.5 Å². The maximum Gasteiger partial charge on any atom is 0.410 e. The van der Waals surface area contributed by atoms with Crippen molar-refractivity contribution in [2.75, 3.05) is 38.1 Å². The standard InChI is InChI=1S/C22H35N7O3/c1-22(2,3)32-21(31)29-13-17(14-29)27-20(24-4)26-12-16-6-5-9-25-19(16)28-10-7-15(8-11-28)18(23)30/h5-6,9,15,17H,7-8,10-14H2,1-4H3,(H2,23,30)(H2,24,26,27). The number of piperidine rings is 1. The third kappa shape index (κ3) is 6.24. The van der Waals surface area contributed by atoms with Crippen LogP contribution >= 0.6 is 0 Å². The molecule has 10 heteroatoms. The summed E-state index contributed by atoms with van der Waals surface area (Å²) in [7, 11) is 1.72. The monoisotopic (exact) mass is 445 g/mol. The number of hydrogen-bond acceptors (Lipinski definition) is 6. The van der Waals surface area contributed by atoms with E-state index in [2.05, 4.69) is 25.5 Å². The number of rotatable bonds is 5. The molecule has 0 aliphatic carbocycles. The first-order chi connectivity index (χ1) is 15.2. The molecule has 2 fully saturated rings. The van der Waals surface area contributed by atoms with Crippen LogP contribution in [0.5, 0.6) is 0 Å². The molecular weight excluding hydrogens is 410 g/mol. The molecule has 2 aliphatic heterocycles. The molecular formula is C22H35N7O3. The number of pyridine rings is 1. The van der Waals surface area contributed by atoms with Crippen molar-refractivity contribution < 1.29 is 14.3 Å². The topological polar surface area (TPSA) is 125 Å². The predicted octanol–water partition coefficient (Wildman–Crippen LogP) is 1.07. The summed E-state index contributed by atoms with van der Waals surface area (Å²) in [5.74, 6) is 1.31. The van der Waals surface area contributed by atoms with Gasteiger partial charge in [-0.25, -0.2) is 9.78 Å². The highest BCUT2D eigenvalue weighted by Gasteiger charge is 2.34. The van der Waals surface area contributed by atoms with Crippen LogP contribution in [0.2, 0.25) is 0 Å². The number of primary amides is 1. The SMILES string of the molecule is CN=C(NCc1cccnc1N1CCC(C(N)=O)CC1)NC1CN(C(=O)OC(C)(C)C)C1. The fourth-order valence-electron chi connectivity index (χ4n) is 3.84. The lowest BCUT2D eigenvalue weighted by atomic mass is 9.96. The Hall–Kier alpha value is -3.04. The number of hydrogen-bond donors (Lipinski definition) is 3. The number of nitrogens with two attached hydrogens (primary N) is 1. The summed E-state index contributed by atoms with van der Waals surface area (Å²) in [6, 6.07) is 4.07. The zero-order chi connectivity index (χ0) is 23.3. The third-order valence-electron chi connectivity index (χ3n) is 5.61. The van der Waals surface area contributed by atoms with Crippen LogP contribution in [0.4, 0.5) is 10.6 Å². The van der Waals surface area contributed by atoms with Crippen LogP contribution in [0.3, 0.4) is 0 Å². The number of anilines is 1. The van der Waals surface area contributed by atoms with Gasteiger partial charge in [0.25, 0.3) is 0 Å². The summed E-state index contributed by atoms with van der Waals surface area (Å²) in [5, 5.41) is 6.68. The number of amides is 2. The van der Waals surface area contributed by atoms with E-state index in [9.17, 15) is 9.59 Å². The van der Waals surface area contributed by atoms with Gasteiger partial charge in [0.05, 0.1) is 6.04 Å². The van der Waals surface area contributed by atoms with Crippen LogP contribution in [0.1, 0.15) is 39.2 Å². The Bertz CT molecular complexity index is 838. The fourth-order valence-corrected chi connectivity index (χ4v) is 3.84. The maximum absolute atomic E-state index is 12.1. The molecule has 0 spiro atoms. The van der Waals surface area contributed by atoms with Gasteiger partial charge in [-0.2, -0.15) is 0 Å². The highest BCUT2D eigenvalue weighted by Crippen LogP contribution is 2.24. The molecule has 3 heterocycles. The Balaban J connectivity index is 1.49. The quantitative estimate of drug-likeness (QED) is 0.457. The summed E-state index contributed by atoms with van der Waals surface area (Å²) in [6.45, 7) is 8.79. The average molecular weight is 446 g/mol. The molecule has 1 aromatic heterocycles. The lowest BCUT2D eigenvalue weighted by Gasteiger charge is -2.40. The van der Waals surface area contributed by atoms with Crippen LogP contribution in [-0.4, -0.2) is 72.7 Å². The molecule has 0 atom stereocenters. The molecule has 4 N–H and O–H groups in total. The zero-order valence-corrected chi connectivity index (χ0v) is 19.4. The molecule has 0 radical (unpaired) electrons. The molecule has 0 bridgehead atoms. The van der Waals surface area contributed by atoms with E-state index in [1.807, 2.05) is 32.9 Å². The molecule has 10 nitrogen and oxygen atoms in total. The normalized spacial score (nSPS) is 18.2. The second-order valence-corrected chi connectivity index (χ2v) is 9.30. The van der Waals surface area contributed by atoms with Gasteiger partial charge in [-0.1, -0.05) is 6.07 Å². The molecule has 2 saturated heterocycles. The molecule has 0 saturated carbocycles. The minimum atomic E-state index is -0.496. The largest absolute Gasteiger partial charge is 0.444 e. The van der Waals surface area contributed by atoms with Crippen molar-refractivity contribution in [1.29, 1.82) is 0 Å². The lowest BCUT2D eigenvalue weighted by molar-refractivity contribution is -0.122. The van der Waals surface area contributed by atoms with Gasteiger partial charge < -0.3 is 30.9 Å². The summed E-state index contributed by atoms with van der Waals surface area (Å²) < 4.78 is 5.39. The summed E-state index contributed by atoms with van der Waals surface area (Å²) in [6.07, 6.45) is 2.99. The Morgan fingerprint density at radius 3 is 2.56 bits per heavy atom. The number of ether oxygens (including phenoxy) is 1. The number of likely N-dealkylation sites (tertiary alicyclic amines) is 1. The van der Waals surface area contributed by atoms with Crippen molar-refractivity contribution in [2.24, 2.45) is 16.6 Å². The number of nitrogens with zero attached hydrogens (tertiary/aromatic N) is 4. The third-order valence-corrected chi connectivity index (χ3v) is 5.61. The minimum Gasteiger partial charge on any atom is -0.444 e.